The lowest BCUT2D eigenvalue weighted by Crippen LogP contribution is -2.60. The zero-order valence-corrected chi connectivity index (χ0v) is 13.6. The highest BCUT2D eigenvalue weighted by Gasteiger charge is 2.48. The van der Waals surface area contributed by atoms with Crippen LogP contribution in [0.1, 0.15) is 25.8 Å². The van der Waals surface area contributed by atoms with E-state index in [-0.39, 0.29) is 5.41 Å². The average Bonchev–Trinajstić information content (AvgIpc) is 2.38. The van der Waals surface area contributed by atoms with E-state index >= 15 is 0 Å². The molecule has 4 heteroatoms. The second-order valence-corrected chi connectivity index (χ2v) is 6.54. The Morgan fingerprint density at radius 3 is 2.63 bits per heavy atom. The molecule has 0 radical (unpaired) electrons. The molecule has 0 amide bonds. The maximum atomic E-state index is 5.47. The van der Waals surface area contributed by atoms with E-state index in [0.29, 0.717) is 12.1 Å². The summed E-state index contributed by atoms with van der Waals surface area (Å²) in [5.74, 6) is 0.868. The van der Waals surface area contributed by atoms with Crippen molar-refractivity contribution in [2.45, 2.75) is 39.0 Å². The minimum atomic E-state index is 0.207. The molecule has 1 saturated carbocycles. The van der Waals surface area contributed by atoms with Crippen LogP contribution in [-0.2, 0) is 11.3 Å². The average molecular weight is 328 g/mol. The van der Waals surface area contributed by atoms with Gasteiger partial charge in [-0.1, -0.05) is 19.9 Å². The molecule has 1 fully saturated rings. The summed E-state index contributed by atoms with van der Waals surface area (Å²) in [6, 6.07) is 6.70. The number of ether oxygens (including phenoxy) is 2. The molecule has 1 aromatic rings. The Labute approximate surface area is 123 Å². The van der Waals surface area contributed by atoms with E-state index in [1.54, 1.807) is 14.2 Å². The zero-order chi connectivity index (χ0) is 14.0. The molecule has 0 saturated heterocycles. The van der Waals surface area contributed by atoms with Crippen LogP contribution in [0.4, 0.5) is 0 Å². The maximum Gasteiger partial charge on any atom is 0.133 e. The summed E-state index contributed by atoms with van der Waals surface area (Å²) in [5.41, 5.74) is 1.46. The van der Waals surface area contributed by atoms with Gasteiger partial charge in [0.25, 0.3) is 0 Å². The molecule has 1 aliphatic rings. The van der Waals surface area contributed by atoms with Crippen LogP contribution in [0.15, 0.2) is 22.7 Å². The van der Waals surface area contributed by atoms with Crippen LogP contribution in [-0.4, -0.2) is 26.4 Å². The van der Waals surface area contributed by atoms with Crippen LogP contribution in [0, 0.1) is 5.41 Å². The minimum Gasteiger partial charge on any atom is -0.496 e. The van der Waals surface area contributed by atoms with Crippen molar-refractivity contribution in [2.24, 2.45) is 5.41 Å². The Balaban J connectivity index is 1.92. The van der Waals surface area contributed by atoms with E-state index in [0.717, 1.165) is 23.2 Å². The van der Waals surface area contributed by atoms with E-state index in [1.165, 1.54) is 5.56 Å². The Hall–Kier alpha value is -0.580. The summed E-state index contributed by atoms with van der Waals surface area (Å²) >= 11 is 3.52. The standard InChI is InChI=1S/C15H22BrNO2/c1-15(2)13(8-14(15)19-4)17-9-10-5-6-12(18-3)11(16)7-10/h5-7,13-14,17H,8-9H2,1-4H3. The van der Waals surface area contributed by atoms with Crippen LogP contribution >= 0.6 is 15.9 Å². The van der Waals surface area contributed by atoms with Gasteiger partial charge in [-0.3, -0.25) is 0 Å². The molecule has 1 aromatic carbocycles. The van der Waals surface area contributed by atoms with Crippen molar-refractivity contribution in [3.05, 3.63) is 28.2 Å². The Kier molecular flexibility index (Phi) is 4.54. The third-order valence-corrected chi connectivity index (χ3v) is 4.85. The van der Waals surface area contributed by atoms with Gasteiger partial charge in [0, 0.05) is 25.1 Å². The Morgan fingerprint density at radius 1 is 1.37 bits per heavy atom. The number of methoxy groups -OCH3 is 2. The van der Waals surface area contributed by atoms with Gasteiger partial charge in [0.05, 0.1) is 17.7 Å². The molecule has 2 unspecified atom stereocenters. The van der Waals surface area contributed by atoms with Gasteiger partial charge in [-0.2, -0.15) is 0 Å². The van der Waals surface area contributed by atoms with E-state index in [9.17, 15) is 0 Å². The van der Waals surface area contributed by atoms with Gasteiger partial charge in [0.2, 0.25) is 0 Å². The summed E-state index contributed by atoms with van der Waals surface area (Å²) in [5, 5.41) is 3.61. The smallest absolute Gasteiger partial charge is 0.133 e. The molecule has 0 heterocycles. The minimum absolute atomic E-state index is 0.207. The third-order valence-electron chi connectivity index (χ3n) is 4.23. The normalized spacial score (nSPS) is 24.9. The highest BCUT2D eigenvalue weighted by atomic mass is 79.9. The van der Waals surface area contributed by atoms with Crippen LogP contribution in [0.2, 0.25) is 0 Å². The summed E-state index contributed by atoms with van der Waals surface area (Å²) < 4.78 is 11.7. The monoisotopic (exact) mass is 327 g/mol. The van der Waals surface area contributed by atoms with Gasteiger partial charge in [0.15, 0.2) is 0 Å². The fourth-order valence-corrected chi connectivity index (χ4v) is 3.28. The van der Waals surface area contributed by atoms with Crippen LogP contribution in [0.3, 0.4) is 0 Å². The fraction of sp³-hybridized carbons (Fsp3) is 0.600. The van der Waals surface area contributed by atoms with Crippen molar-refractivity contribution in [3.63, 3.8) is 0 Å². The van der Waals surface area contributed by atoms with Gasteiger partial charge in [0.1, 0.15) is 5.75 Å². The largest absolute Gasteiger partial charge is 0.496 e. The molecule has 0 aliphatic heterocycles. The first-order chi connectivity index (χ1) is 8.98. The molecule has 0 bridgehead atoms. The van der Waals surface area contributed by atoms with Gasteiger partial charge < -0.3 is 14.8 Å². The lowest BCUT2D eigenvalue weighted by molar-refractivity contribution is -0.0979. The molecule has 19 heavy (non-hydrogen) atoms. The lowest BCUT2D eigenvalue weighted by Gasteiger charge is -2.51. The van der Waals surface area contributed by atoms with Crippen LogP contribution in [0.25, 0.3) is 0 Å². The SMILES string of the molecule is COc1ccc(CNC2CC(OC)C2(C)C)cc1Br. The zero-order valence-electron chi connectivity index (χ0n) is 12.0. The molecule has 2 rings (SSSR count). The van der Waals surface area contributed by atoms with Crippen LogP contribution < -0.4 is 10.1 Å². The van der Waals surface area contributed by atoms with Gasteiger partial charge >= 0.3 is 0 Å². The van der Waals surface area contributed by atoms with E-state index in [1.807, 2.05) is 6.07 Å². The summed E-state index contributed by atoms with van der Waals surface area (Å²) in [7, 11) is 3.48. The first-order valence-corrected chi connectivity index (χ1v) is 7.37. The predicted molar refractivity (Wildman–Crippen MR) is 80.5 cm³/mol. The first-order valence-electron chi connectivity index (χ1n) is 6.57. The third kappa shape index (κ3) is 2.96. The Bertz CT molecular complexity index is 448. The number of nitrogens with one attached hydrogen (secondary N) is 1. The molecular weight excluding hydrogens is 306 g/mol. The van der Waals surface area contributed by atoms with Crippen molar-refractivity contribution in [1.29, 1.82) is 0 Å². The van der Waals surface area contributed by atoms with Crippen molar-refractivity contribution in [2.75, 3.05) is 14.2 Å². The van der Waals surface area contributed by atoms with Crippen molar-refractivity contribution >= 4 is 15.9 Å². The quantitative estimate of drug-likeness (QED) is 0.899. The molecule has 0 aromatic heterocycles. The van der Waals surface area contributed by atoms with Crippen molar-refractivity contribution in [1.82, 2.24) is 5.32 Å². The second-order valence-electron chi connectivity index (χ2n) is 5.68. The highest BCUT2D eigenvalue weighted by molar-refractivity contribution is 9.10. The molecule has 3 nitrogen and oxygen atoms in total. The molecule has 0 spiro atoms. The van der Waals surface area contributed by atoms with Gasteiger partial charge in [-0.05, 0) is 40.0 Å². The molecule has 1 aliphatic carbocycles. The summed E-state index contributed by atoms with van der Waals surface area (Å²) in [6.07, 6.45) is 1.45. The number of benzene rings is 1. The van der Waals surface area contributed by atoms with E-state index < -0.39 is 0 Å². The van der Waals surface area contributed by atoms with E-state index in [4.69, 9.17) is 9.47 Å². The van der Waals surface area contributed by atoms with Gasteiger partial charge in [-0.15, -0.1) is 0 Å². The fourth-order valence-electron chi connectivity index (χ4n) is 2.69. The maximum absolute atomic E-state index is 5.47. The molecule has 1 N–H and O–H groups in total. The Morgan fingerprint density at radius 2 is 2.11 bits per heavy atom. The number of rotatable bonds is 5. The molecular formula is C15H22BrNO2. The summed E-state index contributed by atoms with van der Waals surface area (Å²) in [4.78, 5) is 0. The number of hydrogen-bond acceptors (Lipinski definition) is 3. The molecule has 2 atom stereocenters. The van der Waals surface area contributed by atoms with Gasteiger partial charge in [-0.25, -0.2) is 0 Å². The second kappa shape index (κ2) is 5.81. The van der Waals surface area contributed by atoms with Crippen molar-refractivity contribution < 1.29 is 9.47 Å². The summed E-state index contributed by atoms with van der Waals surface area (Å²) in [6.45, 7) is 5.38. The lowest BCUT2D eigenvalue weighted by atomic mass is 9.64. The first kappa shape index (κ1) is 14.8. The predicted octanol–water partition coefficient (Wildman–Crippen LogP) is 3.36. The van der Waals surface area contributed by atoms with Crippen LogP contribution in [0.5, 0.6) is 5.75 Å². The molecule has 106 valence electrons. The number of hydrogen-bond donors (Lipinski definition) is 1. The highest BCUT2D eigenvalue weighted by Crippen LogP contribution is 2.42. The number of halogens is 1. The van der Waals surface area contributed by atoms with E-state index in [2.05, 4.69) is 47.2 Å². The topological polar surface area (TPSA) is 30.5 Å². The van der Waals surface area contributed by atoms with Crippen molar-refractivity contribution in [3.8, 4) is 5.75 Å².